The average Bonchev–Trinajstić information content (AvgIpc) is 2.89. The molecule has 0 heterocycles. The summed E-state index contributed by atoms with van der Waals surface area (Å²) < 4.78 is 0. The highest BCUT2D eigenvalue weighted by atomic mass is 16.2. The molecule has 0 aliphatic carbocycles. The van der Waals surface area contributed by atoms with Crippen LogP contribution in [0.1, 0.15) is 45.7 Å². The van der Waals surface area contributed by atoms with Gasteiger partial charge in [-0.15, -0.1) is 10.2 Å². The van der Waals surface area contributed by atoms with Crippen molar-refractivity contribution in [2.24, 2.45) is 43.3 Å². The van der Waals surface area contributed by atoms with Crippen LogP contribution in [0.3, 0.4) is 0 Å². The van der Waals surface area contributed by atoms with Crippen LogP contribution in [0.2, 0.25) is 0 Å². The van der Waals surface area contributed by atoms with Gasteiger partial charge in [0.1, 0.15) is 6.34 Å². The molecule has 2 amide bonds. The summed E-state index contributed by atoms with van der Waals surface area (Å²) in [5.74, 6) is -0.679. The minimum Gasteiger partial charge on any atom is -0.388 e. The fourth-order valence-corrected chi connectivity index (χ4v) is 2.67. The molecule has 0 saturated heterocycles. The maximum Gasteiger partial charge on any atom is 0.251 e. The van der Waals surface area contributed by atoms with Gasteiger partial charge in [0.25, 0.3) is 11.8 Å². The molecule has 10 N–H and O–H groups in total. The zero-order chi connectivity index (χ0) is 26.2. The van der Waals surface area contributed by atoms with Crippen molar-refractivity contribution >= 4 is 35.5 Å². The largest absolute Gasteiger partial charge is 0.388 e. The number of benzene rings is 2. The summed E-state index contributed by atoms with van der Waals surface area (Å²) in [6, 6.07) is 13.8. The Morgan fingerprint density at radius 1 is 0.771 bits per heavy atom. The van der Waals surface area contributed by atoms with E-state index in [1.165, 1.54) is 7.05 Å². The van der Waals surface area contributed by atoms with Crippen LogP contribution in [-0.2, 0) is 0 Å². The van der Waals surface area contributed by atoms with Crippen LogP contribution < -0.4 is 33.6 Å². The van der Waals surface area contributed by atoms with Crippen LogP contribution in [0.15, 0.2) is 68.9 Å². The van der Waals surface area contributed by atoms with Crippen molar-refractivity contribution in [2.45, 2.75) is 13.8 Å². The van der Waals surface area contributed by atoms with Gasteiger partial charge in [-0.3, -0.25) is 9.59 Å². The van der Waals surface area contributed by atoms with Gasteiger partial charge in [0.15, 0.2) is 0 Å². The molecule has 0 aliphatic rings. The molecule has 12 nitrogen and oxygen atoms in total. The number of nitrogens with two attached hydrogens (primary N) is 4. The summed E-state index contributed by atoms with van der Waals surface area (Å²) in [6.45, 7) is 4.05. The molecule has 2 aromatic rings. The highest BCUT2D eigenvalue weighted by Gasteiger charge is 2.09. The van der Waals surface area contributed by atoms with Gasteiger partial charge in [-0.1, -0.05) is 24.3 Å². The van der Waals surface area contributed by atoms with E-state index in [2.05, 4.69) is 36.8 Å². The average molecular weight is 481 g/mol. The summed E-state index contributed by atoms with van der Waals surface area (Å²) in [5, 5.41) is 20.6. The first-order valence-electron chi connectivity index (χ1n) is 10.6. The van der Waals surface area contributed by atoms with Gasteiger partial charge >= 0.3 is 0 Å². The first-order valence-corrected chi connectivity index (χ1v) is 10.6. The maximum atomic E-state index is 12.4. The second-order valence-electron chi connectivity index (χ2n) is 6.83. The summed E-state index contributed by atoms with van der Waals surface area (Å²) in [5.41, 5.74) is 23.9. The van der Waals surface area contributed by atoms with Crippen LogP contribution in [0.4, 0.5) is 0 Å². The number of rotatable bonds is 9. The zero-order valence-electron chi connectivity index (χ0n) is 20.0. The highest BCUT2D eigenvalue weighted by molar-refractivity contribution is 6.02. The molecule has 2 aromatic carbocycles. The van der Waals surface area contributed by atoms with E-state index in [0.29, 0.717) is 28.1 Å². The van der Waals surface area contributed by atoms with Gasteiger partial charge in [0.05, 0.1) is 11.4 Å². The lowest BCUT2D eigenvalue weighted by Gasteiger charge is -2.09. The SMILES string of the molecule is C/C(=N\N=C(N)N)c1cccc(C(=O)NCCNC(=O)c2ccc(/C(C)=N/N=C/N)cc2)c1.CN. The summed E-state index contributed by atoms with van der Waals surface area (Å²) in [4.78, 5) is 24.7. The summed E-state index contributed by atoms with van der Waals surface area (Å²) >= 11 is 0. The third kappa shape index (κ3) is 9.84. The number of hydrogen-bond acceptors (Lipinski definition) is 7. The summed E-state index contributed by atoms with van der Waals surface area (Å²) in [6.07, 6.45) is 1.10. The zero-order valence-corrected chi connectivity index (χ0v) is 20.0. The molecule has 0 unspecified atom stereocenters. The summed E-state index contributed by atoms with van der Waals surface area (Å²) in [7, 11) is 1.50. The van der Waals surface area contributed by atoms with E-state index in [1.54, 1.807) is 62.4 Å². The quantitative estimate of drug-likeness (QED) is 0.127. The monoisotopic (exact) mass is 480 g/mol. The Morgan fingerprint density at radius 3 is 1.86 bits per heavy atom. The smallest absolute Gasteiger partial charge is 0.251 e. The number of amides is 2. The van der Waals surface area contributed by atoms with E-state index in [-0.39, 0.29) is 30.9 Å². The minimum atomic E-state index is -0.278. The van der Waals surface area contributed by atoms with Crippen LogP contribution >= 0.6 is 0 Å². The number of nitrogens with zero attached hydrogens (tertiary/aromatic N) is 4. The van der Waals surface area contributed by atoms with E-state index in [4.69, 9.17) is 17.2 Å². The van der Waals surface area contributed by atoms with Gasteiger partial charge in [0, 0.05) is 24.2 Å². The van der Waals surface area contributed by atoms with E-state index in [0.717, 1.165) is 11.9 Å². The maximum absolute atomic E-state index is 12.4. The molecular formula is C23H32N10O2. The first-order chi connectivity index (χ1) is 16.8. The van der Waals surface area contributed by atoms with Crippen molar-refractivity contribution in [3.8, 4) is 0 Å². The Bertz CT molecular complexity index is 1100. The van der Waals surface area contributed by atoms with Gasteiger partial charge in [-0.25, -0.2) is 0 Å². The van der Waals surface area contributed by atoms with E-state index >= 15 is 0 Å². The van der Waals surface area contributed by atoms with E-state index in [1.807, 2.05) is 0 Å². The van der Waals surface area contributed by atoms with Crippen LogP contribution in [0, 0.1) is 0 Å². The standard InChI is InChI=1S/C22H27N9O2.CH5N/c1-14(29-28-13-23)16-6-8-17(9-7-16)20(32)26-10-11-27-21(33)19-5-3-4-18(12-19)15(2)30-31-22(24)25;1-2/h3-9,12-13H,10-11H2,1-2H3,(H2,23,28)(H,26,32)(H,27,33)(H4,24,25,31);2H2,1H3/b29-14+,30-15+;. The number of nitrogens with one attached hydrogen (secondary N) is 2. The van der Waals surface area contributed by atoms with Crippen molar-refractivity contribution in [1.82, 2.24) is 10.6 Å². The second kappa shape index (κ2) is 15.3. The molecule has 12 heteroatoms. The van der Waals surface area contributed by atoms with Crippen molar-refractivity contribution in [2.75, 3.05) is 20.1 Å². The molecule has 0 radical (unpaired) electrons. The Kier molecular flexibility index (Phi) is 12.4. The molecule has 186 valence electrons. The molecule has 0 aliphatic heterocycles. The van der Waals surface area contributed by atoms with Crippen molar-refractivity contribution < 1.29 is 9.59 Å². The lowest BCUT2D eigenvalue weighted by atomic mass is 10.1. The Morgan fingerprint density at radius 2 is 1.29 bits per heavy atom. The minimum absolute atomic E-state index is 0.151. The van der Waals surface area contributed by atoms with Crippen molar-refractivity contribution in [1.29, 1.82) is 0 Å². The van der Waals surface area contributed by atoms with Crippen LogP contribution in [0.5, 0.6) is 0 Å². The Balaban J connectivity index is 0.00000298. The number of carbonyl (C=O) groups is 2. The van der Waals surface area contributed by atoms with Gasteiger partial charge in [0.2, 0.25) is 5.96 Å². The molecule has 0 aromatic heterocycles. The number of guanidine groups is 1. The third-order valence-corrected chi connectivity index (χ3v) is 4.39. The van der Waals surface area contributed by atoms with Crippen LogP contribution in [0.25, 0.3) is 0 Å². The molecule has 0 fully saturated rings. The third-order valence-electron chi connectivity index (χ3n) is 4.39. The predicted molar refractivity (Wildman–Crippen MR) is 141 cm³/mol. The molecule has 2 rings (SSSR count). The van der Waals surface area contributed by atoms with Crippen molar-refractivity contribution in [3.05, 3.63) is 70.8 Å². The fourth-order valence-electron chi connectivity index (χ4n) is 2.67. The second-order valence-corrected chi connectivity index (χ2v) is 6.83. The molecule has 0 bridgehead atoms. The topological polar surface area (TPSA) is 212 Å². The molecule has 0 atom stereocenters. The molecular weight excluding hydrogens is 448 g/mol. The molecule has 0 spiro atoms. The predicted octanol–water partition coefficient (Wildman–Crippen LogP) is 0.130. The lowest BCUT2D eigenvalue weighted by Crippen LogP contribution is -2.34. The van der Waals surface area contributed by atoms with Gasteiger partial charge in [-0.05, 0) is 56.3 Å². The number of hydrogen-bond donors (Lipinski definition) is 6. The Hall–Kier alpha value is -4.58. The van der Waals surface area contributed by atoms with Crippen LogP contribution in [-0.4, -0.2) is 55.7 Å². The van der Waals surface area contributed by atoms with E-state index < -0.39 is 0 Å². The van der Waals surface area contributed by atoms with Gasteiger partial charge < -0.3 is 33.6 Å². The normalized spacial score (nSPS) is 11.3. The molecule has 35 heavy (non-hydrogen) atoms. The van der Waals surface area contributed by atoms with Crippen molar-refractivity contribution in [3.63, 3.8) is 0 Å². The molecule has 0 saturated carbocycles. The lowest BCUT2D eigenvalue weighted by molar-refractivity contribution is 0.0927. The van der Waals surface area contributed by atoms with E-state index in [9.17, 15) is 9.59 Å². The first kappa shape index (κ1) is 28.5. The highest BCUT2D eigenvalue weighted by Crippen LogP contribution is 2.08. The number of carbonyl (C=O) groups excluding carboxylic acids is 2. The van der Waals surface area contributed by atoms with Gasteiger partial charge in [-0.2, -0.15) is 10.2 Å². The fraction of sp³-hybridized carbons (Fsp3) is 0.217. The Labute approximate surface area is 204 Å².